The van der Waals surface area contributed by atoms with Crippen LogP contribution in [0.3, 0.4) is 0 Å². The van der Waals surface area contributed by atoms with E-state index >= 15 is 0 Å². The van der Waals surface area contributed by atoms with E-state index in [0.717, 1.165) is 34.2 Å². The molecule has 4 bridgehead atoms. The highest BCUT2D eigenvalue weighted by atomic mass is 127. The summed E-state index contributed by atoms with van der Waals surface area (Å²) in [6.45, 7) is 0. The number of thioether (sulfide) groups is 1. The molecule has 0 aliphatic heterocycles. The summed E-state index contributed by atoms with van der Waals surface area (Å²) in [6, 6.07) is 12.3. The SMILES string of the molecule is COc1ccc(C(=O)Sc2ccc(C(=O)O)cc2)cc1C1C2CC3CC(C2)CC1(I)C3. The van der Waals surface area contributed by atoms with Crippen molar-refractivity contribution in [2.24, 2.45) is 17.8 Å². The summed E-state index contributed by atoms with van der Waals surface area (Å²) in [5, 5.41) is 9.03. The standard InChI is InChI=1S/C25H25IO4S/c1-30-21-7-4-17(24(29)31-19-5-2-16(3-6-19)23(27)28)11-20(21)22-18-9-14-8-15(10-18)13-25(22,26)12-14/h2-7,11,14-15,18,22H,8-10,12-13H2,1H3,(H,27,28). The molecule has 162 valence electrons. The fraction of sp³-hybridized carbons (Fsp3) is 0.440. The predicted octanol–water partition coefficient (Wildman–Crippen LogP) is 6.42. The van der Waals surface area contributed by atoms with Crippen LogP contribution in [-0.2, 0) is 0 Å². The lowest BCUT2D eigenvalue weighted by Crippen LogP contribution is -2.52. The van der Waals surface area contributed by atoms with Crippen molar-refractivity contribution >= 4 is 45.4 Å². The highest BCUT2D eigenvalue weighted by Crippen LogP contribution is 2.66. The van der Waals surface area contributed by atoms with E-state index in [0.29, 0.717) is 17.4 Å². The van der Waals surface area contributed by atoms with Crippen LogP contribution in [-0.4, -0.2) is 26.7 Å². The molecule has 0 saturated heterocycles. The first-order valence-electron chi connectivity index (χ1n) is 10.8. The number of aromatic carboxylic acids is 1. The van der Waals surface area contributed by atoms with Crippen LogP contribution in [0.4, 0.5) is 0 Å². The Morgan fingerprint density at radius 2 is 1.68 bits per heavy atom. The Labute approximate surface area is 200 Å². The number of halogens is 1. The number of benzene rings is 2. The predicted molar refractivity (Wildman–Crippen MR) is 130 cm³/mol. The van der Waals surface area contributed by atoms with Gasteiger partial charge in [-0.3, -0.25) is 4.79 Å². The van der Waals surface area contributed by atoms with E-state index in [4.69, 9.17) is 9.84 Å². The zero-order valence-electron chi connectivity index (χ0n) is 17.3. The molecular weight excluding hydrogens is 523 g/mol. The van der Waals surface area contributed by atoms with E-state index in [-0.39, 0.29) is 14.1 Å². The number of hydrogen-bond donors (Lipinski definition) is 1. The molecule has 4 saturated carbocycles. The molecule has 4 aliphatic rings. The number of rotatable bonds is 5. The lowest BCUT2D eigenvalue weighted by molar-refractivity contribution is 0.0232. The molecule has 0 amide bonds. The molecule has 4 nitrogen and oxygen atoms in total. The summed E-state index contributed by atoms with van der Waals surface area (Å²) >= 11 is 3.87. The number of hydrogen-bond acceptors (Lipinski definition) is 4. The third-order valence-corrected chi connectivity index (χ3v) is 9.82. The Morgan fingerprint density at radius 1 is 1.03 bits per heavy atom. The maximum Gasteiger partial charge on any atom is 0.335 e. The summed E-state index contributed by atoms with van der Waals surface area (Å²) in [4.78, 5) is 24.8. The average molecular weight is 548 g/mol. The van der Waals surface area contributed by atoms with Crippen molar-refractivity contribution in [1.29, 1.82) is 0 Å². The monoisotopic (exact) mass is 548 g/mol. The number of methoxy groups -OCH3 is 1. The van der Waals surface area contributed by atoms with Gasteiger partial charge < -0.3 is 9.84 Å². The minimum atomic E-state index is -0.967. The summed E-state index contributed by atoms with van der Waals surface area (Å²) in [7, 11) is 1.72. The maximum atomic E-state index is 13.1. The number of carboxylic acid groups (broad SMARTS) is 1. The van der Waals surface area contributed by atoms with Crippen molar-refractivity contribution in [3.05, 3.63) is 59.2 Å². The molecule has 6 rings (SSSR count). The van der Waals surface area contributed by atoms with E-state index < -0.39 is 5.97 Å². The van der Waals surface area contributed by atoms with E-state index in [1.165, 1.54) is 49.8 Å². The van der Waals surface area contributed by atoms with Crippen LogP contribution in [0.2, 0.25) is 0 Å². The second-order valence-corrected chi connectivity index (χ2v) is 12.5. The molecular formula is C25H25IO4S. The molecule has 4 fully saturated rings. The zero-order chi connectivity index (χ0) is 21.8. The van der Waals surface area contributed by atoms with Crippen molar-refractivity contribution < 1.29 is 19.4 Å². The summed E-state index contributed by atoms with van der Waals surface area (Å²) < 4.78 is 6.02. The van der Waals surface area contributed by atoms with Crippen LogP contribution in [0.1, 0.15) is 64.3 Å². The number of carbonyl (C=O) groups excluding carboxylic acids is 1. The number of carboxylic acids is 1. The first-order chi connectivity index (χ1) is 14.9. The minimum Gasteiger partial charge on any atom is -0.496 e. The van der Waals surface area contributed by atoms with Crippen molar-refractivity contribution in [2.45, 2.75) is 46.3 Å². The van der Waals surface area contributed by atoms with Gasteiger partial charge in [0.15, 0.2) is 0 Å². The summed E-state index contributed by atoms with van der Waals surface area (Å²) in [6.07, 6.45) is 6.56. The molecule has 2 aromatic carbocycles. The van der Waals surface area contributed by atoms with E-state index in [1.807, 2.05) is 12.1 Å². The molecule has 0 aromatic heterocycles. The first-order valence-corrected chi connectivity index (χ1v) is 12.7. The van der Waals surface area contributed by atoms with Gasteiger partial charge in [-0.15, -0.1) is 0 Å². The van der Waals surface area contributed by atoms with E-state index in [2.05, 4.69) is 28.7 Å². The van der Waals surface area contributed by atoms with Crippen LogP contribution >= 0.6 is 34.4 Å². The van der Waals surface area contributed by atoms with Gasteiger partial charge in [-0.05, 0) is 110 Å². The smallest absolute Gasteiger partial charge is 0.335 e. The highest BCUT2D eigenvalue weighted by molar-refractivity contribution is 14.1. The molecule has 4 aliphatic carbocycles. The number of ether oxygens (including phenoxy) is 1. The lowest BCUT2D eigenvalue weighted by atomic mass is 9.50. The Morgan fingerprint density at radius 3 is 2.26 bits per heavy atom. The van der Waals surface area contributed by atoms with Crippen LogP contribution in [0.25, 0.3) is 0 Å². The van der Waals surface area contributed by atoms with Crippen LogP contribution in [0.15, 0.2) is 47.4 Å². The molecule has 6 heteroatoms. The normalized spacial score (nSPS) is 30.9. The van der Waals surface area contributed by atoms with Crippen molar-refractivity contribution in [3.8, 4) is 5.75 Å². The van der Waals surface area contributed by atoms with Gasteiger partial charge in [0.1, 0.15) is 5.75 Å². The largest absolute Gasteiger partial charge is 0.496 e. The molecule has 3 atom stereocenters. The fourth-order valence-electron chi connectivity index (χ4n) is 6.41. The molecule has 0 radical (unpaired) electrons. The maximum absolute atomic E-state index is 13.1. The zero-order valence-corrected chi connectivity index (χ0v) is 20.3. The van der Waals surface area contributed by atoms with Gasteiger partial charge >= 0.3 is 5.97 Å². The molecule has 1 N–H and O–H groups in total. The lowest BCUT2D eigenvalue weighted by Gasteiger charge is -2.59. The Bertz CT molecular complexity index is 1020. The van der Waals surface area contributed by atoms with Gasteiger partial charge in [-0.25, -0.2) is 4.79 Å². The molecule has 2 aromatic rings. The number of alkyl halides is 1. The van der Waals surface area contributed by atoms with Crippen molar-refractivity contribution in [3.63, 3.8) is 0 Å². The third-order valence-electron chi connectivity index (χ3n) is 7.34. The third kappa shape index (κ3) is 3.90. The fourth-order valence-corrected chi connectivity index (χ4v) is 9.23. The Balaban J connectivity index is 1.43. The van der Waals surface area contributed by atoms with Gasteiger partial charge in [0.2, 0.25) is 5.12 Å². The van der Waals surface area contributed by atoms with Crippen molar-refractivity contribution in [2.75, 3.05) is 7.11 Å². The highest BCUT2D eigenvalue weighted by Gasteiger charge is 2.56. The van der Waals surface area contributed by atoms with E-state index in [9.17, 15) is 9.59 Å². The summed E-state index contributed by atoms with van der Waals surface area (Å²) in [5.41, 5.74) is 2.09. The number of carbonyl (C=O) groups is 2. The quantitative estimate of drug-likeness (QED) is 0.265. The van der Waals surface area contributed by atoms with Crippen LogP contribution in [0, 0.1) is 17.8 Å². The summed E-state index contributed by atoms with van der Waals surface area (Å²) in [5.74, 6) is 2.77. The topological polar surface area (TPSA) is 63.6 Å². The Kier molecular flexibility index (Phi) is 5.57. The van der Waals surface area contributed by atoms with Gasteiger partial charge in [0, 0.05) is 19.8 Å². The minimum absolute atomic E-state index is 0.0293. The van der Waals surface area contributed by atoms with E-state index in [1.54, 1.807) is 19.2 Å². The van der Waals surface area contributed by atoms with Crippen LogP contribution in [0.5, 0.6) is 5.75 Å². The molecule has 0 heterocycles. The Hall–Kier alpha value is -1.54. The second kappa shape index (κ2) is 8.10. The van der Waals surface area contributed by atoms with Gasteiger partial charge in [-0.1, -0.05) is 22.6 Å². The second-order valence-electron chi connectivity index (χ2n) is 9.30. The van der Waals surface area contributed by atoms with Crippen LogP contribution < -0.4 is 4.74 Å². The van der Waals surface area contributed by atoms with Crippen molar-refractivity contribution in [1.82, 2.24) is 0 Å². The average Bonchev–Trinajstić information content (AvgIpc) is 2.72. The molecule has 0 spiro atoms. The molecule has 31 heavy (non-hydrogen) atoms. The van der Waals surface area contributed by atoms with Gasteiger partial charge in [0.05, 0.1) is 12.7 Å². The molecule has 3 unspecified atom stereocenters. The first kappa shape index (κ1) is 21.3. The van der Waals surface area contributed by atoms with Gasteiger partial charge in [0.25, 0.3) is 0 Å². The van der Waals surface area contributed by atoms with Gasteiger partial charge in [-0.2, -0.15) is 0 Å².